The molecule has 0 aliphatic carbocycles. The van der Waals surface area contributed by atoms with Gasteiger partial charge in [0.05, 0.1) is 6.54 Å². The minimum Gasteiger partial charge on any atom is -0.383 e. The lowest BCUT2D eigenvalue weighted by molar-refractivity contribution is -0.116. The first-order valence-corrected chi connectivity index (χ1v) is 7.07. The normalized spacial score (nSPS) is 12.9. The summed E-state index contributed by atoms with van der Waals surface area (Å²) in [5, 5.41) is 14.8. The third-order valence-corrected chi connectivity index (χ3v) is 3.86. The van der Waals surface area contributed by atoms with Gasteiger partial charge >= 0.3 is 0 Å². The van der Waals surface area contributed by atoms with Crippen molar-refractivity contribution in [2.75, 3.05) is 6.54 Å². The largest absolute Gasteiger partial charge is 0.383 e. The molecule has 20 heavy (non-hydrogen) atoms. The highest BCUT2D eigenvalue weighted by Crippen LogP contribution is 2.24. The fourth-order valence-corrected chi connectivity index (χ4v) is 2.41. The van der Waals surface area contributed by atoms with Gasteiger partial charge in [-0.3, -0.25) is 4.79 Å². The number of thiophene rings is 1. The molecule has 2 aromatic rings. The number of aliphatic hydroxyl groups is 1. The summed E-state index contributed by atoms with van der Waals surface area (Å²) < 4.78 is 0. The van der Waals surface area contributed by atoms with Crippen molar-refractivity contribution in [1.82, 2.24) is 5.32 Å². The molecule has 0 bridgehead atoms. The third-order valence-electron chi connectivity index (χ3n) is 2.74. The summed E-state index contributed by atoms with van der Waals surface area (Å²) in [6, 6.07) is 13.0. The molecule has 0 fully saturated rings. The van der Waals surface area contributed by atoms with Gasteiger partial charge in [-0.15, -0.1) is 11.3 Å². The van der Waals surface area contributed by atoms with Crippen LogP contribution in [0.4, 0.5) is 0 Å². The molecular weight excluding hydrogens is 270 g/mol. The molecule has 1 aromatic heterocycles. The van der Waals surface area contributed by atoms with Crippen LogP contribution in [-0.2, 0) is 10.4 Å². The van der Waals surface area contributed by atoms with Crippen molar-refractivity contribution < 1.29 is 9.90 Å². The van der Waals surface area contributed by atoms with Gasteiger partial charge in [0, 0.05) is 16.4 Å². The molecule has 0 saturated carbocycles. The second kappa shape index (κ2) is 6.38. The van der Waals surface area contributed by atoms with E-state index in [0.29, 0.717) is 0 Å². The molecule has 1 amide bonds. The van der Waals surface area contributed by atoms with Crippen molar-refractivity contribution in [2.45, 2.75) is 12.5 Å². The minimum atomic E-state index is -1.07. The maximum atomic E-state index is 11.6. The Morgan fingerprint density at radius 1 is 1.30 bits per heavy atom. The summed E-state index contributed by atoms with van der Waals surface area (Å²) in [6.07, 6.45) is 0. The van der Waals surface area contributed by atoms with E-state index < -0.39 is 11.5 Å². The van der Waals surface area contributed by atoms with E-state index in [9.17, 15) is 9.90 Å². The Kier molecular flexibility index (Phi) is 4.57. The van der Waals surface area contributed by atoms with Crippen LogP contribution in [0.25, 0.3) is 0 Å². The highest BCUT2D eigenvalue weighted by atomic mass is 32.1. The lowest BCUT2D eigenvalue weighted by atomic mass is 10.1. The number of hydrogen-bond donors (Lipinski definition) is 2. The van der Waals surface area contributed by atoms with Crippen molar-refractivity contribution in [3.05, 3.63) is 58.3 Å². The zero-order chi connectivity index (χ0) is 14.4. The van der Waals surface area contributed by atoms with E-state index >= 15 is 0 Å². The zero-order valence-electron chi connectivity index (χ0n) is 11.1. The van der Waals surface area contributed by atoms with Gasteiger partial charge in [0.2, 0.25) is 0 Å². The van der Waals surface area contributed by atoms with Crippen molar-refractivity contribution >= 4 is 17.2 Å². The van der Waals surface area contributed by atoms with Gasteiger partial charge in [0.25, 0.3) is 5.91 Å². The Labute approximate surface area is 122 Å². The number of carbonyl (C=O) groups is 1. The molecule has 2 rings (SSSR count). The highest BCUT2D eigenvalue weighted by molar-refractivity contribution is 7.10. The first-order valence-electron chi connectivity index (χ1n) is 6.19. The number of hydrogen-bond acceptors (Lipinski definition) is 3. The number of nitrogens with one attached hydrogen (secondary N) is 1. The summed E-state index contributed by atoms with van der Waals surface area (Å²) >= 11 is 1.45. The maximum absolute atomic E-state index is 11.6. The Balaban J connectivity index is 1.92. The summed E-state index contributed by atoms with van der Waals surface area (Å²) in [6.45, 7) is 1.81. The molecule has 0 spiro atoms. The molecule has 1 unspecified atom stereocenters. The van der Waals surface area contributed by atoms with E-state index in [0.717, 1.165) is 10.4 Å². The number of benzene rings is 1. The molecule has 2 N–H and O–H groups in total. The summed E-state index contributed by atoms with van der Waals surface area (Å²) in [7, 11) is 0. The Morgan fingerprint density at radius 3 is 2.70 bits per heavy atom. The van der Waals surface area contributed by atoms with E-state index in [1.165, 1.54) is 11.3 Å². The second-order valence-corrected chi connectivity index (χ2v) is 5.50. The van der Waals surface area contributed by atoms with E-state index in [4.69, 9.17) is 0 Å². The lowest BCUT2D eigenvalue weighted by Crippen LogP contribution is -2.37. The van der Waals surface area contributed by atoms with Crippen LogP contribution in [0.15, 0.2) is 47.8 Å². The predicted molar refractivity (Wildman–Crippen MR) is 80.2 cm³/mol. The molecule has 0 aliphatic rings. The summed E-state index contributed by atoms with van der Waals surface area (Å²) in [5.74, 6) is 4.89. The van der Waals surface area contributed by atoms with Crippen LogP contribution in [0.2, 0.25) is 0 Å². The maximum Gasteiger partial charge on any atom is 0.296 e. The van der Waals surface area contributed by atoms with Crippen LogP contribution in [0.1, 0.15) is 17.4 Å². The molecule has 102 valence electrons. The standard InChI is InChI=1S/C16H15NO2S/c1-16(19,14-8-5-11-20-14)12-17-15(18)10-9-13-6-3-2-4-7-13/h2-8,11,19H,12H2,1H3,(H,17,18). The molecule has 1 atom stereocenters. The fourth-order valence-electron chi connectivity index (χ4n) is 1.62. The van der Waals surface area contributed by atoms with Crippen LogP contribution >= 0.6 is 11.3 Å². The van der Waals surface area contributed by atoms with Crippen LogP contribution in [-0.4, -0.2) is 17.6 Å². The van der Waals surface area contributed by atoms with Gasteiger partial charge in [-0.25, -0.2) is 0 Å². The predicted octanol–water partition coefficient (Wildman–Crippen LogP) is 2.12. The third kappa shape index (κ3) is 3.95. The van der Waals surface area contributed by atoms with Crippen LogP contribution < -0.4 is 5.32 Å². The number of amides is 1. The molecule has 3 nitrogen and oxygen atoms in total. The number of carbonyl (C=O) groups excluding carboxylic acids is 1. The molecular formula is C16H15NO2S. The molecule has 4 heteroatoms. The van der Waals surface area contributed by atoms with Crippen molar-refractivity contribution in [2.24, 2.45) is 0 Å². The highest BCUT2D eigenvalue weighted by Gasteiger charge is 2.24. The van der Waals surface area contributed by atoms with Crippen LogP contribution in [0.5, 0.6) is 0 Å². The molecule has 0 saturated heterocycles. The Bertz CT molecular complexity index is 621. The van der Waals surface area contributed by atoms with Gasteiger partial charge < -0.3 is 10.4 Å². The van der Waals surface area contributed by atoms with E-state index in [1.807, 2.05) is 47.8 Å². The monoisotopic (exact) mass is 285 g/mol. The minimum absolute atomic E-state index is 0.135. The van der Waals surface area contributed by atoms with Crippen LogP contribution in [0, 0.1) is 11.8 Å². The Hall–Kier alpha value is -2.09. The molecule has 0 radical (unpaired) electrons. The van der Waals surface area contributed by atoms with E-state index in [-0.39, 0.29) is 6.54 Å². The fraction of sp³-hybridized carbons (Fsp3) is 0.188. The van der Waals surface area contributed by atoms with Crippen molar-refractivity contribution in [3.8, 4) is 11.8 Å². The molecule has 1 heterocycles. The first-order chi connectivity index (χ1) is 9.58. The van der Waals surface area contributed by atoms with Gasteiger partial charge in [0.1, 0.15) is 5.60 Å². The van der Waals surface area contributed by atoms with Gasteiger partial charge in [-0.1, -0.05) is 30.2 Å². The van der Waals surface area contributed by atoms with Gasteiger partial charge in [-0.05, 0) is 30.5 Å². The summed E-state index contributed by atoms with van der Waals surface area (Å²) in [4.78, 5) is 12.5. The van der Waals surface area contributed by atoms with Gasteiger partial charge in [-0.2, -0.15) is 0 Å². The number of rotatable bonds is 3. The molecule has 1 aromatic carbocycles. The quantitative estimate of drug-likeness (QED) is 0.849. The zero-order valence-corrected chi connectivity index (χ0v) is 11.9. The van der Waals surface area contributed by atoms with E-state index in [2.05, 4.69) is 17.2 Å². The topological polar surface area (TPSA) is 49.3 Å². The van der Waals surface area contributed by atoms with Crippen LogP contribution in [0.3, 0.4) is 0 Å². The SMILES string of the molecule is CC(O)(CNC(=O)C#Cc1ccccc1)c1cccs1. The average molecular weight is 285 g/mol. The second-order valence-electron chi connectivity index (χ2n) is 4.55. The molecule has 0 aliphatic heterocycles. The summed E-state index contributed by atoms with van der Waals surface area (Å²) in [5.41, 5.74) is -0.286. The van der Waals surface area contributed by atoms with Crippen molar-refractivity contribution in [1.29, 1.82) is 0 Å². The van der Waals surface area contributed by atoms with Gasteiger partial charge in [0.15, 0.2) is 0 Å². The van der Waals surface area contributed by atoms with E-state index in [1.54, 1.807) is 6.92 Å². The average Bonchev–Trinajstić information content (AvgIpc) is 2.99. The first kappa shape index (κ1) is 14.3. The smallest absolute Gasteiger partial charge is 0.296 e. The van der Waals surface area contributed by atoms with Crippen molar-refractivity contribution in [3.63, 3.8) is 0 Å². The Morgan fingerprint density at radius 2 is 2.05 bits per heavy atom. The lowest BCUT2D eigenvalue weighted by Gasteiger charge is -2.21.